The first-order chi connectivity index (χ1) is 13.2. The zero-order valence-electron chi connectivity index (χ0n) is 15.9. The molecule has 0 saturated heterocycles. The molecular weight excluding hydrogens is 380 g/mol. The Morgan fingerprint density at radius 3 is 2.18 bits per heavy atom. The molecule has 28 heavy (non-hydrogen) atoms. The lowest BCUT2D eigenvalue weighted by molar-refractivity contribution is -0.137. The van der Waals surface area contributed by atoms with Crippen molar-refractivity contribution in [2.45, 2.75) is 25.7 Å². The quantitative estimate of drug-likeness (QED) is 0.547. The third kappa shape index (κ3) is 5.68. The van der Waals surface area contributed by atoms with Crippen LogP contribution in [-0.4, -0.2) is 26.9 Å². The molecule has 1 amide bonds. The SMILES string of the molecule is CCOC(=O)C=CC(=O)Nc1ccc(S(=O)(=O)Nc2c(C)cccc2C)cc1. The van der Waals surface area contributed by atoms with Gasteiger partial charge < -0.3 is 10.1 Å². The van der Waals surface area contributed by atoms with Crippen molar-refractivity contribution in [3.05, 3.63) is 65.7 Å². The van der Waals surface area contributed by atoms with Gasteiger partial charge in [-0.3, -0.25) is 9.52 Å². The van der Waals surface area contributed by atoms with Crippen molar-refractivity contribution in [1.82, 2.24) is 0 Å². The van der Waals surface area contributed by atoms with Gasteiger partial charge in [0.05, 0.1) is 17.2 Å². The highest BCUT2D eigenvalue weighted by Crippen LogP contribution is 2.24. The van der Waals surface area contributed by atoms with E-state index >= 15 is 0 Å². The van der Waals surface area contributed by atoms with Crippen LogP contribution >= 0.6 is 0 Å². The first-order valence-corrected chi connectivity index (χ1v) is 10.1. The van der Waals surface area contributed by atoms with Crippen molar-refractivity contribution >= 4 is 33.3 Å². The van der Waals surface area contributed by atoms with E-state index in [9.17, 15) is 18.0 Å². The normalized spacial score (nSPS) is 11.2. The molecule has 0 atom stereocenters. The maximum absolute atomic E-state index is 12.6. The van der Waals surface area contributed by atoms with Gasteiger partial charge in [-0.1, -0.05) is 18.2 Å². The van der Waals surface area contributed by atoms with Crippen molar-refractivity contribution in [2.75, 3.05) is 16.6 Å². The number of aryl methyl sites for hydroxylation is 2. The monoisotopic (exact) mass is 402 g/mol. The highest BCUT2D eigenvalue weighted by Gasteiger charge is 2.16. The molecule has 148 valence electrons. The lowest BCUT2D eigenvalue weighted by atomic mass is 10.1. The molecule has 2 N–H and O–H groups in total. The summed E-state index contributed by atoms with van der Waals surface area (Å²) in [6, 6.07) is 11.2. The molecule has 2 aromatic carbocycles. The average molecular weight is 402 g/mol. The Bertz CT molecular complexity index is 976. The number of para-hydroxylation sites is 1. The third-order valence-corrected chi connectivity index (χ3v) is 5.17. The molecule has 0 aliphatic rings. The van der Waals surface area contributed by atoms with E-state index in [4.69, 9.17) is 0 Å². The zero-order valence-corrected chi connectivity index (χ0v) is 16.7. The van der Waals surface area contributed by atoms with E-state index in [0.717, 1.165) is 23.3 Å². The van der Waals surface area contributed by atoms with Gasteiger partial charge in [0.2, 0.25) is 5.91 Å². The number of carbonyl (C=O) groups excluding carboxylic acids is 2. The summed E-state index contributed by atoms with van der Waals surface area (Å²) in [5.74, 6) is -1.14. The first kappa shape index (κ1) is 21.2. The number of amides is 1. The van der Waals surface area contributed by atoms with Gasteiger partial charge >= 0.3 is 5.97 Å². The Kier molecular flexibility index (Phi) is 6.94. The van der Waals surface area contributed by atoms with Gasteiger partial charge in [-0.25, -0.2) is 13.2 Å². The summed E-state index contributed by atoms with van der Waals surface area (Å²) < 4.78 is 32.5. The highest BCUT2D eigenvalue weighted by atomic mass is 32.2. The molecule has 2 aromatic rings. The van der Waals surface area contributed by atoms with Crippen LogP contribution in [0.4, 0.5) is 11.4 Å². The van der Waals surface area contributed by atoms with E-state index in [-0.39, 0.29) is 11.5 Å². The molecule has 0 aliphatic carbocycles. The second-order valence-corrected chi connectivity index (χ2v) is 7.65. The molecule has 0 spiro atoms. The number of nitrogens with one attached hydrogen (secondary N) is 2. The molecule has 0 aliphatic heterocycles. The van der Waals surface area contributed by atoms with Crippen molar-refractivity contribution in [3.63, 3.8) is 0 Å². The molecule has 7 nitrogen and oxygen atoms in total. The van der Waals surface area contributed by atoms with E-state index in [2.05, 4.69) is 14.8 Å². The largest absolute Gasteiger partial charge is 0.463 e. The molecule has 0 aromatic heterocycles. The lowest BCUT2D eigenvalue weighted by Crippen LogP contribution is -2.15. The number of sulfonamides is 1. The standard InChI is InChI=1S/C20H22N2O5S/c1-4-27-19(24)13-12-18(23)21-16-8-10-17(11-9-16)28(25,26)22-20-14(2)6-5-7-15(20)3/h5-13,22H,4H2,1-3H3,(H,21,23). The van der Waals surface area contributed by atoms with E-state index in [1.165, 1.54) is 24.3 Å². The van der Waals surface area contributed by atoms with Gasteiger partial charge in [0.25, 0.3) is 10.0 Å². The van der Waals surface area contributed by atoms with Gasteiger partial charge in [-0.05, 0) is 56.2 Å². The first-order valence-electron chi connectivity index (χ1n) is 8.58. The molecule has 8 heteroatoms. The second-order valence-electron chi connectivity index (χ2n) is 5.97. The molecule has 0 radical (unpaired) electrons. The van der Waals surface area contributed by atoms with Gasteiger partial charge in [0.1, 0.15) is 0 Å². The average Bonchev–Trinajstić information content (AvgIpc) is 2.64. The summed E-state index contributed by atoms with van der Waals surface area (Å²) in [6.07, 6.45) is 2.07. The fourth-order valence-corrected chi connectivity index (χ4v) is 3.61. The van der Waals surface area contributed by atoms with Crippen molar-refractivity contribution in [3.8, 4) is 0 Å². The molecule has 0 heterocycles. The van der Waals surface area contributed by atoms with Crippen LogP contribution in [0.25, 0.3) is 0 Å². The molecule has 2 rings (SSSR count). The zero-order chi connectivity index (χ0) is 20.7. The summed E-state index contributed by atoms with van der Waals surface area (Å²) in [7, 11) is -3.77. The Morgan fingerprint density at radius 2 is 1.61 bits per heavy atom. The molecule has 0 unspecified atom stereocenters. The predicted octanol–water partition coefficient (Wildman–Crippen LogP) is 3.16. The Balaban J connectivity index is 2.09. The van der Waals surface area contributed by atoms with Gasteiger partial charge in [0, 0.05) is 17.8 Å². The summed E-state index contributed by atoms with van der Waals surface area (Å²) >= 11 is 0. The number of benzene rings is 2. The van der Waals surface area contributed by atoms with Crippen LogP contribution in [0.15, 0.2) is 59.5 Å². The van der Waals surface area contributed by atoms with Gasteiger partial charge in [0.15, 0.2) is 0 Å². The number of anilines is 2. The van der Waals surface area contributed by atoms with Crippen LogP contribution in [-0.2, 0) is 24.3 Å². The number of ether oxygens (including phenoxy) is 1. The summed E-state index contributed by atoms with van der Waals surface area (Å²) in [6.45, 7) is 5.54. The number of esters is 1. The molecule has 0 fully saturated rings. The topological polar surface area (TPSA) is 102 Å². The lowest BCUT2D eigenvalue weighted by Gasteiger charge is -2.13. The smallest absolute Gasteiger partial charge is 0.330 e. The number of hydrogen-bond acceptors (Lipinski definition) is 5. The minimum absolute atomic E-state index is 0.0650. The van der Waals surface area contributed by atoms with Crippen LogP contribution in [0.3, 0.4) is 0 Å². The van der Waals surface area contributed by atoms with E-state index in [0.29, 0.717) is 11.4 Å². The Hall–Kier alpha value is -3.13. The van der Waals surface area contributed by atoms with Crippen LogP contribution in [0.2, 0.25) is 0 Å². The van der Waals surface area contributed by atoms with E-state index < -0.39 is 21.9 Å². The molecular formula is C20H22N2O5S. The number of rotatable bonds is 7. The predicted molar refractivity (Wildman–Crippen MR) is 108 cm³/mol. The highest BCUT2D eigenvalue weighted by molar-refractivity contribution is 7.92. The van der Waals surface area contributed by atoms with Crippen molar-refractivity contribution < 1.29 is 22.7 Å². The fourth-order valence-electron chi connectivity index (χ4n) is 2.40. The number of carbonyl (C=O) groups is 2. The third-order valence-electron chi connectivity index (χ3n) is 3.81. The van der Waals surface area contributed by atoms with Crippen molar-refractivity contribution in [1.29, 1.82) is 0 Å². The summed E-state index contributed by atoms with van der Waals surface area (Å²) in [4.78, 5) is 23.0. The molecule has 0 saturated carbocycles. The fraction of sp³-hybridized carbons (Fsp3) is 0.200. The maximum Gasteiger partial charge on any atom is 0.330 e. The van der Waals surface area contributed by atoms with Crippen molar-refractivity contribution in [2.24, 2.45) is 0 Å². The minimum Gasteiger partial charge on any atom is -0.463 e. The van der Waals surface area contributed by atoms with Crippen LogP contribution in [0.5, 0.6) is 0 Å². The number of hydrogen-bond donors (Lipinski definition) is 2. The van der Waals surface area contributed by atoms with Gasteiger partial charge in [-0.2, -0.15) is 0 Å². The summed E-state index contributed by atoms with van der Waals surface area (Å²) in [5, 5.41) is 2.54. The Morgan fingerprint density at radius 1 is 1.00 bits per heavy atom. The van der Waals surface area contributed by atoms with Crippen LogP contribution < -0.4 is 10.0 Å². The maximum atomic E-state index is 12.6. The van der Waals surface area contributed by atoms with Gasteiger partial charge in [-0.15, -0.1) is 0 Å². The Labute approximate surface area is 164 Å². The summed E-state index contributed by atoms with van der Waals surface area (Å²) in [5.41, 5.74) is 2.58. The second kappa shape index (κ2) is 9.18. The van der Waals surface area contributed by atoms with E-state index in [1.54, 1.807) is 6.92 Å². The van der Waals surface area contributed by atoms with E-state index in [1.807, 2.05) is 32.0 Å². The minimum atomic E-state index is -3.77. The van der Waals surface area contributed by atoms with Crippen LogP contribution in [0.1, 0.15) is 18.1 Å². The van der Waals surface area contributed by atoms with Crippen LogP contribution in [0, 0.1) is 13.8 Å². The molecule has 0 bridgehead atoms.